The van der Waals surface area contributed by atoms with E-state index < -0.39 is 5.60 Å². The van der Waals surface area contributed by atoms with Crippen molar-refractivity contribution in [1.29, 1.82) is 0 Å². The van der Waals surface area contributed by atoms with Crippen molar-refractivity contribution in [1.82, 2.24) is 9.88 Å². The standard InChI is InChI=1S/C19H23BrN2O2/c1-12-9-13(7-8-22(12)18(23)24-19(2,3)4)15-5-6-17-16(15)10-14(20)11-21-17/h5,7,10-12H,6,8-9H2,1-4H3. The van der Waals surface area contributed by atoms with Gasteiger partial charge in [0.25, 0.3) is 0 Å². The fraction of sp³-hybridized carbons (Fsp3) is 0.474. The van der Waals surface area contributed by atoms with Crippen LogP contribution in [0.1, 0.15) is 45.4 Å². The van der Waals surface area contributed by atoms with Gasteiger partial charge in [0.05, 0.1) is 5.69 Å². The molecule has 1 aromatic heterocycles. The minimum Gasteiger partial charge on any atom is -0.444 e. The molecule has 0 aromatic carbocycles. The van der Waals surface area contributed by atoms with Crippen LogP contribution in [0.5, 0.6) is 0 Å². The number of carbonyl (C=O) groups is 1. The molecule has 1 aromatic rings. The van der Waals surface area contributed by atoms with Crippen LogP contribution in [0.3, 0.4) is 0 Å². The molecule has 1 aliphatic heterocycles. The van der Waals surface area contributed by atoms with Gasteiger partial charge in [-0.25, -0.2) is 4.79 Å². The largest absolute Gasteiger partial charge is 0.444 e. The minimum atomic E-state index is -0.467. The highest BCUT2D eigenvalue weighted by Crippen LogP contribution is 2.37. The van der Waals surface area contributed by atoms with Crippen molar-refractivity contribution in [3.05, 3.63) is 45.7 Å². The van der Waals surface area contributed by atoms with Gasteiger partial charge in [-0.3, -0.25) is 4.98 Å². The van der Waals surface area contributed by atoms with E-state index in [9.17, 15) is 4.79 Å². The first-order valence-corrected chi connectivity index (χ1v) is 9.08. The van der Waals surface area contributed by atoms with E-state index in [1.807, 2.05) is 27.0 Å². The maximum absolute atomic E-state index is 12.3. The Morgan fingerprint density at radius 1 is 1.38 bits per heavy atom. The number of hydrogen-bond acceptors (Lipinski definition) is 3. The SMILES string of the molecule is CC1CC(C2=CCc3ncc(Br)cc32)=CCN1C(=O)OC(C)(C)C. The number of allylic oxidation sites excluding steroid dienone is 2. The van der Waals surface area contributed by atoms with Crippen LogP contribution in [0.25, 0.3) is 5.57 Å². The highest BCUT2D eigenvalue weighted by molar-refractivity contribution is 9.10. The van der Waals surface area contributed by atoms with Crippen LogP contribution in [0.15, 0.2) is 34.5 Å². The summed E-state index contributed by atoms with van der Waals surface area (Å²) in [6.07, 6.45) is 7.70. The van der Waals surface area contributed by atoms with Gasteiger partial charge < -0.3 is 9.64 Å². The number of halogens is 1. The van der Waals surface area contributed by atoms with E-state index in [4.69, 9.17) is 4.74 Å². The Morgan fingerprint density at radius 2 is 2.12 bits per heavy atom. The molecule has 1 amide bonds. The first kappa shape index (κ1) is 17.2. The van der Waals surface area contributed by atoms with Crippen molar-refractivity contribution < 1.29 is 9.53 Å². The summed E-state index contributed by atoms with van der Waals surface area (Å²) in [4.78, 5) is 18.6. The summed E-state index contributed by atoms with van der Waals surface area (Å²) in [5.41, 5.74) is 4.41. The second kappa shape index (κ2) is 6.36. The van der Waals surface area contributed by atoms with Crippen molar-refractivity contribution >= 4 is 27.6 Å². The summed E-state index contributed by atoms with van der Waals surface area (Å²) >= 11 is 3.51. The molecule has 2 aliphatic rings. The van der Waals surface area contributed by atoms with Crippen LogP contribution in [-0.2, 0) is 11.2 Å². The molecule has 3 rings (SSSR count). The van der Waals surface area contributed by atoms with Crippen LogP contribution >= 0.6 is 15.9 Å². The molecule has 128 valence electrons. The fourth-order valence-electron chi connectivity index (χ4n) is 3.17. The third-order valence-electron chi connectivity index (χ3n) is 4.28. The second-order valence-electron chi connectivity index (χ2n) is 7.38. The average Bonchev–Trinajstić information content (AvgIpc) is 2.88. The van der Waals surface area contributed by atoms with Gasteiger partial charge in [0.2, 0.25) is 0 Å². The second-order valence-corrected chi connectivity index (χ2v) is 8.30. The number of nitrogens with zero attached hydrogens (tertiary/aromatic N) is 2. The third kappa shape index (κ3) is 3.56. The smallest absolute Gasteiger partial charge is 0.410 e. The summed E-state index contributed by atoms with van der Waals surface area (Å²) in [6.45, 7) is 8.34. The van der Waals surface area contributed by atoms with E-state index in [1.54, 1.807) is 4.90 Å². The molecule has 1 atom stereocenters. The van der Waals surface area contributed by atoms with Crippen LogP contribution < -0.4 is 0 Å². The Bertz CT molecular complexity index is 731. The Morgan fingerprint density at radius 3 is 2.79 bits per heavy atom. The van der Waals surface area contributed by atoms with E-state index in [2.05, 4.69) is 46.1 Å². The number of fused-ring (bicyclic) bond motifs is 1. The third-order valence-corrected chi connectivity index (χ3v) is 4.72. The summed E-state index contributed by atoms with van der Waals surface area (Å²) in [6, 6.07) is 2.25. The van der Waals surface area contributed by atoms with Crippen molar-refractivity contribution in [3.63, 3.8) is 0 Å². The summed E-state index contributed by atoms with van der Waals surface area (Å²) in [7, 11) is 0. The predicted octanol–water partition coefficient (Wildman–Crippen LogP) is 4.74. The van der Waals surface area contributed by atoms with E-state index in [0.29, 0.717) is 6.54 Å². The normalized spacial score (nSPS) is 20.4. The van der Waals surface area contributed by atoms with Gasteiger partial charge >= 0.3 is 6.09 Å². The molecule has 0 bridgehead atoms. The minimum absolute atomic E-state index is 0.116. The molecule has 0 N–H and O–H groups in total. The Labute approximate surface area is 151 Å². The van der Waals surface area contributed by atoms with Crippen molar-refractivity contribution in [2.45, 2.75) is 52.2 Å². The molecular formula is C19H23BrN2O2. The molecule has 2 heterocycles. The zero-order chi connectivity index (χ0) is 17.5. The quantitative estimate of drug-likeness (QED) is 0.695. The van der Waals surface area contributed by atoms with E-state index in [0.717, 1.165) is 23.0 Å². The number of rotatable bonds is 1. The number of ether oxygens (including phenoxy) is 1. The topological polar surface area (TPSA) is 42.4 Å². The number of pyridine rings is 1. The maximum atomic E-state index is 12.3. The Hall–Kier alpha value is -1.62. The summed E-state index contributed by atoms with van der Waals surface area (Å²) in [5, 5.41) is 0. The lowest BCUT2D eigenvalue weighted by Crippen LogP contribution is -2.44. The molecule has 0 saturated carbocycles. The average molecular weight is 391 g/mol. The van der Waals surface area contributed by atoms with Gasteiger partial charge in [0.1, 0.15) is 5.60 Å². The molecule has 5 heteroatoms. The van der Waals surface area contributed by atoms with Gasteiger partial charge in [-0.2, -0.15) is 0 Å². The van der Waals surface area contributed by atoms with Gasteiger partial charge in [-0.15, -0.1) is 0 Å². The molecule has 1 aliphatic carbocycles. The highest BCUT2D eigenvalue weighted by atomic mass is 79.9. The van der Waals surface area contributed by atoms with Gasteiger partial charge in [-0.1, -0.05) is 12.2 Å². The fourth-order valence-corrected chi connectivity index (χ4v) is 3.50. The van der Waals surface area contributed by atoms with Crippen molar-refractivity contribution in [2.24, 2.45) is 0 Å². The number of carbonyl (C=O) groups excluding carboxylic acids is 1. The number of amides is 1. The highest BCUT2D eigenvalue weighted by Gasteiger charge is 2.30. The van der Waals surface area contributed by atoms with Crippen molar-refractivity contribution in [2.75, 3.05) is 6.54 Å². The lowest BCUT2D eigenvalue weighted by atomic mass is 9.92. The molecule has 0 spiro atoms. The van der Waals surface area contributed by atoms with Crippen LogP contribution in [-0.4, -0.2) is 34.2 Å². The van der Waals surface area contributed by atoms with Crippen LogP contribution in [0.4, 0.5) is 4.79 Å². The van der Waals surface area contributed by atoms with E-state index in [-0.39, 0.29) is 12.1 Å². The van der Waals surface area contributed by atoms with Crippen LogP contribution in [0, 0.1) is 0 Å². The number of hydrogen-bond donors (Lipinski definition) is 0. The summed E-state index contributed by atoms with van der Waals surface area (Å²) in [5.74, 6) is 0. The van der Waals surface area contributed by atoms with Crippen molar-refractivity contribution in [3.8, 4) is 0 Å². The molecule has 4 nitrogen and oxygen atoms in total. The van der Waals surface area contributed by atoms with Crippen LogP contribution in [0.2, 0.25) is 0 Å². The van der Waals surface area contributed by atoms with Gasteiger partial charge in [0.15, 0.2) is 0 Å². The molecule has 1 unspecified atom stereocenters. The zero-order valence-electron chi connectivity index (χ0n) is 14.6. The monoisotopic (exact) mass is 390 g/mol. The lowest BCUT2D eigenvalue weighted by molar-refractivity contribution is 0.0193. The van der Waals surface area contributed by atoms with E-state index >= 15 is 0 Å². The zero-order valence-corrected chi connectivity index (χ0v) is 16.2. The predicted molar refractivity (Wildman–Crippen MR) is 98.7 cm³/mol. The lowest BCUT2D eigenvalue weighted by Gasteiger charge is -2.34. The first-order valence-electron chi connectivity index (χ1n) is 8.28. The molecule has 24 heavy (non-hydrogen) atoms. The molecule has 0 saturated heterocycles. The van der Waals surface area contributed by atoms with Gasteiger partial charge in [0, 0.05) is 35.2 Å². The molecule has 0 radical (unpaired) electrons. The first-order chi connectivity index (χ1) is 11.2. The molecular weight excluding hydrogens is 368 g/mol. The Balaban J connectivity index is 1.78. The maximum Gasteiger partial charge on any atom is 0.410 e. The number of aromatic nitrogens is 1. The summed E-state index contributed by atoms with van der Waals surface area (Å²) < 4.78 is 6.50. The van der Waals surface area contributed by atoms with Gasteiger partial charge in [-0.05, 0) is 67.3 Å². The van der Waals surface area contributed by atoms with E-state index in [1.165, 1.54) is 16.7 Å². The Kier molecular flexibility index (Phi) is 4.56. The molecule has 0 fully saturated rings.